The Kier molecular flexibility index (Phi) is 1.91. The van der Waals surface area contributed by atoms with Gasteiger partial charge in [0.05, 0.1) is 24.4 Å². The van der Waals surface area contributed by atoms with Crippen LogP contribution in [0.1, 0.15) is 62.8 Å². The van der Waals surface area contributed by atoms with E-state index in [1.165, 1.54) is 14.2 Å². The van der Waals surface area contributed by atoms with Gasteiger partial charge in [-0.2, -0.15) is 0 Å². The van der Waals surface area contributed by atoms with Crippen LogP contribution in [-0.4, -0.2) is 43.4 Å². The average Bonchev–Trinajstić information content (AvgIpc) is 2.71. The highest BCUT2D eigenvalue weighted by Crippen LogP contribution is 2.43. The van der Waals surface area contributed by atoms with Crippen molar-refractivity contribution < 1.29 is 33.8 Å². The fraction of sp³-hybridized carbons (Fsp3) is 0.684. The van der Waals surface area contributed by atoms with Gasteiger partial charge in [-0.05, 0) is 54.2 Å². The number of benzene rings is 1. The lowest BCUT2D eigenvalue weighted by Crippen LogP contribution is -2.48. The molecule has 1 aromatic rings. The molecule has 0 aliphatic carbocycles. The zero-order chi connectivity index (χ0) is 28.7. The van der Waals surface area contributed by atoms with Gasteiger partial charge in [-0.1, -0.05) is 13.7 Å². The summed E-state index contributed by atoms with van der Waals surface area (Å²) in [5.41, 5.74) is 0.0188. The van der Waals surface area contributed by atoms with Gasteiger partial charge in [-0.3, -0.25) is 4.90 Å². The van der Waals surface area contributed by atoms with Gasteiger partial charge in [-0.15, -0.1) is 0 Å². The lowest BCUT2D eigenvalue weighted by Gasteiger charge is -2.46. The summed E-state index contributed by atoms with van der Waals surface area (Å²) in [6, 6.07) is -2.83. The molecule has 1 saturated heterocycles. The standard InChI is InChI=1S/C19H29NO3/c1-12(2)7-14-11-20-6-5-13-8-18(22-3)19(23-4)9-15(13)16(20)10-17(14)21/h8-9,12,14,16-17,21H,5-7,10-11H2,1-4H3/i1D3,2D3,7D2,8D,9D,11D2,12D,16D. The Labute approximate surface area is 159 Å². The number of hydrogen-bond acceptors (Lipinski definition) is 4. The molecule has 2 heterocycles. The average molecular weight is 334 g/mol. The van der Waals surface area contributed by atoms with Crippen molar-refractivity contribution in [3.63, 3.8) is 0 Å². The number of hydrogen-bond donors (Lipinski definition) is 1. The van der Waals surface area contributed by atoms with E-state index >= 15 is 0 Å². The van der Waals surface area contributed by atoms with E-state index in [-0.39, 0.29) is 41.6 Å². The Morgan fingerprint density at radius 1 is 1.52 bits per heavy atom. The first-order valence-corrected chi connectivity index (χ1v) is 7.27. The van der Waals surface area contributed by atoms with Crippen LogP contribution in [0, 0.1) is 11.8 Å². The van der Waals surface area contributed by atoms with Crippen LogP contribution in [-0.2, 0) is 6.42 Å². The number of aliphatic hydroxyl groups is 1. The summed E-state index contributed by atoms with van der Waals surface area (Å²) in [4.78, 5) is 0.834. The quantitative estimate of drug-likeness (QED) is 0.920. The second-order valence-corrected chi connectivity index (χ2v) is 5.42. The Balaban J connectivity index is 2.27. The predicted octanol–water partition coefficient (Wildman–Crippen LogP) is 3.03. The van der Waals surface area contributed by atoms with E-state index in [1.54, 1.807) is 0 Å². The van der Waals surface area contributed by atoms with E-state index in [0.717, 1.165) is 4.90 Å². The SMILES string of the molecule is [2H]c1c2c(c([2H])c(OC)c1OC)C1([2H])CC(O)C(C([2H])([2H])C([2H])(C([2H])([2H])[2H])C([2H])([2H])[2H])C([2H])([2H])N1CC2. The largest absolute Gasteiger partial charge is 0.493 e. The van der Waals surface area contributed by atoms with Crippen molar-refractivity contribution in [2.45, 2.75) is 45.0 Å². The molecular formula is C19H29NO3. The number of piperidine rings is 1. The molecule has 4 heteroatoms. The molecule has 0 aromatic heterocycles. The molecule has 2 aliphatic heterocycles. The molecule has 0 radical (unpaired) electrons. The lowest BCUT2D eigenvalue weighted by atomic mass is 9.79. The second-order valence-electron chi connectivity index (χ2n) is 5.42. The Bertz CT molecular complexity index is 1060. The number of methoxy groups -OCH3 is 2. The first-order chi connectivity index (χ1) is 16.6. The van der Waals surface area contributed by atoms with Gasteiger partial charge in [0.2, 0.25) is 0 Å². The van der Waals surface area contributed by atoms with Crippen LogP contribution in [0.15, 0.2) is 12.1 Å². The van der Waals surface area contributed by atoms with Gasteiger partial charge >= 0.3 is 0 Å². The van der Waals surface area contributed by atoms with Crippen molar-refractivity contribution in [1.29, 1.82) is 0 Å². The minimum atomic E-state index is -3.83. The summed E-state index contributed by atoms with van der Waals surface area (Å²) in [7, 11) is 2.49. The summed E-state index contributed by atoms with van der Waals surface area (Å²) in [6.07, 6.45) is -6.63. The summed E-state index contributed by atoms with van der Waals surface area (Å²) >= 11 is 0. The molecule has 3 rings (SSSR count). The molecule has 0 saturated carbocycles. The second kappa shape index (κ2) is 6.70. The third-order valence-corrected chi connectivity index (χ3v) is 4.00. The fourth-order valence-electron chi connectivity index (χ4n) is 2.93. The molecule has 4 nitrogen and oxygen atoms in total. The monoisotopic (exact) mass is 333 g/mol. The topological polar surface area (TPSA) is 41.9 Å². The van der Waals surface area contributed by atoms with Gasteiger partial charge in [0, 0.05) is 34.1 Å². The van der Waals surface area contributed by atoms with Crippen LogP contribution in [0.4, 0.5) is 0 Å². The van der Waals surface area contributed by atoms with Crippen LogP contribution in [0.2, 0.25) is 0 Å². The van der Waals surface area contributed by atoms with Gasteiger partial charge in [0.15, 0.2) is 11.5 Å². The van der Waals surface area contributed by atoms with Crippen LogP contribution in [0.25, 0.3) is 0 Å². The maximum absolute atomic E-state index is 11.1. The van der Waals surface area contributed by atoms with E-state index in [2.05, 4.69) is 0 Å². The van der Waals surface area contributed by atoms with E-state index in [1.807, 2.05) is 0 Å². The Hall–Kier alpha value is -1.26. The summed E-state index contributed by atoms with van der Waals surface area (Å²) < 4.78 is 126. The molecule has 3 unspecified atom stereocenters. The fourth-order valence-corrected chi connectivity index (χ4v) is 2.93. The molecule has 3 atom stereocenters. The third kappa shape index (κ3) is 3.20. The molecule has 1 fully saturated rings. The van der Waals surface area contributed by atoms with Crippen LogP contribution in [0.5, 0.6) is 11.5 Å². The molecule has 2 aliphatic rings. The third-order valence-electron chi connectivity index (χ3n) is 4.00. The van der Waals surface area contributed by atoms with E-state index in [9.17, 15) is 6.48 Å². The summed E-state index contributed by atoms with van der Waals surface area (Å²) in [5.74, 6) is -6.45. The molecule has 0 bridgehead atoms. The number of nitrogens with zero attached hydrogens (tertiary/aromatic N) is 1. The van der Waals surface area contributed by atoms with Crippen LogP contribution < -0.4 is 9.47 Å². The van der Waals surface area contributed by atoms with E-state index in [0.29, 0.717) is 0 Å². The minimum absolute atomic E-state index is 0.0637. The number of ether oxygens (including phenoxy) is 2. The van der Waals surface area contributed by atoms with Gasteiger partial charge in [-0.25, -0.2) is 0 Å². The molecule has 0 spiro atoms. The summed E-state index contributed by atoms with van der Waals surface area (Å²) in [5, 5.41) is 11.1. The van der Waals surface area contributed by atoms with Crippen LogP contribution in [0.3, 0.4) is 0 Å². The van der Waals surface area contributed by atoms with Gasteiger partial charge in [0.1, 0.15) is 0 Å². The first kappa shape index (κ1) is 6.57. The molecule has 23 heavy (non-hydrogen) atoms. The highest BCUT2D eigenvalue weighted by atomic mass is 16.5. The van der Waals surface area contributed by atoms with Crippen molar-refractivity contribution in [2.75, 3.05) is 27.3 Å². The number of rotatable bonds is 4. The number of aliphatic hydroxyl groups excluding tert-OH is 1. The number of fused-ring (bicyclic) bond motifs is 3. The maximum atomic E-state index is 11.1. The predicted molar refractivity (Wildman–Crippen MR) is 91.1 cm³/mol. The molecule has 0 amide bonds. The van der Waals surface area contributed by atoms with E-state index in [4.69, 9.17) is 27.3 Å². The zero-order valence-corrected chi connectivity index (χ0v) is 13.0. The molecular weight excluding hydrogens is 290 g/mol. The normalized spacial score (nSPS) is 44.0. The van der Waals surface area contributed by atoms with Crippen molar-refractivity contribution >= 4 is 0 Å². The van der Waals surface area contributed by atoms with Crippen molar-refractivity contribution in [2.24, 2.45) is 11.8 Å². The highest BCUT2D eigenvalue weighted by Gasteiger charge is 2.38. The van der Waals surface area contributed by atoms with Crippen molar-refractivity contribution in [3.05, 3.63) is 23.2 Å². The smallest absolute Gasteiger partial charge is 0.161 e. The van der Waals surface area contributed by atoms with Gasteiger partial charge in [0.25, 0.3) is 0 Å². The van der Waals surface area contributed by atoms with Crippen LogP contribution >= 0.6 is 0 Å². The summed E-state index contributed by atoms with van der Waals surface area (Å²) in [6.45, 7) is -10.8. The Morgan fingerprint density at radius 3 is 2.96 bits per heavy atom. The maximum Gasteiger partial charge on any atom is 0.161 e. The highest BCUT2D eigenvalue weighted by molar-refractivity contribution is 5.49. The molecule has 1 aromatic carbocycles. The lowest BCUT2D eigenvalue weighted by molar-refractivity contribution is -0.0191. The molecule has 128 valence electrons. The van der Waals surface area contributed by atoms with Crippen molar-refractivity contribution in [3.8, 4) is 11.5 Å². The molecule has 1 N–H and O–H groups in total. The first-order valence-electron chi connectivity index (χ1n) is 14.3. The Morgan fingerprint density at radius 2 is 2.26 bits per heavy atom. The van der Waals surface area contributed by atoms with Crippen molar-refractivity contribution in [1.82, 2.24) is 4.90 Å². The zero-order valence-electron chi connectivity index (χ0n) is 27.0. The van der Waals surface area contributed by atoms with E-state index < -0.39 is 63.0 Å². The minimum Gasteiger partial charge on any atom is -0.493 e. The van der Waals surface area contributed by atoms with Gasteiger partial charge < -0.3 is 14.6 Å².